The number of hydrogen-bond acceptors (Lipinski definition) is 8. The Bertz CT molecular complexity index is 617. The van der Waals surface area contributed by atoms with Gasteiger partial charge in [-0.3, -0.25) is 9.69 Å². The van der Waals surface area contributed by atoms with E-state index >= 15 is 0 Å². The summed E-state index contributed by atoms with van der Waals surface area (Å²) in [6.45, 7) is 5.92. The zero-order valence-electron chi connectivity index (χ0n) is 15.3. The second kappa shape index (κ2) is 6.92. The fourth-order valence-corrected chi connectivity index (χ4v) is 4.20. The Morgan fingerprint density at radius 3 is 2.62 bits per heavy atom. The highest BCUT2D eigenvalue weighted by atomic mass is 16.6. The van der Waals surface area contributed by atoms with Crippen LogP contribution in [-0.2, 0) is 19.1 Å². The Kier molecular flexibility index (Phi) is 5.13. The highest BCUT2D eigenvalue weighted by molar-refractivity contribution is 5.83. The first-order valence-electron chi connectivity index (χ1n) is 9.07. The van der Waals surface area contributed by atoms with Crippen molar-refractivity contribution in [1.29, 1.82) is 0 Å². The molecule has 0 radical (unpaired) electrons. The maximum atomic E-state index is 12.8. The molecule has 0 aliphatic carbocycles. The number of carbonyl (C=O) groups excluding carboxylic acids is 2. The third-order valence-electron chi connectivity index (χ3n) is 5.80. The molecule has 3 N–H and O–H groups in total. The second-order valence-electron chi connectivity index (χ2n) is 7.77. The molecule has 3 rings (SSSR count). The van der Waals surface area contributed by atoms with E-state index in [1.54, 1.807) is 13.8 Å². The molecule has 3 aliphatic rings. The molecule has 0 spiro atoms. The fourth-order valence-electron chi connectivity index (χ4n) is 4.20. The summed E-state index contributed by atoms with van der Waals surface area (Å²) in [4.78, 5) is 27.5. The van der Waals surface area contributed by atoms with Gasteiger partial charge in [0.05, 0.1) is 18.1 Å². The molecule has 8 nitrogen and oxygen atoms in total. The first-order chi connectivity index (χ1) is 12.2. The van der Waals surface area contributed by atoms with E-state index in [1.807, 2.05) is 6.08 Å². The van der Waals surface area contributed by atoms with Crippen molar-refractivity contribution < 1.29 is 34.4 Å². The summed E-state index contributed by atoms with van der Waals surface area (Å²) in [5.74, 6) is -3.43. The van der Waals surface area contributed by atoms with Gasteiger partial charge in [0, 0.05) is 13.1 Å². The molecule has 0 saturated carbocycles. The number of aliphatic hydroxyl groups is 3. The van der Waals surface area contributed by atoms with Crippen LogP contribution in [-0.4, -0.2) is 81.8 Å². The molecule has 0 amide bonds. The Morgan fingerprint density at radius 2 is 2.00 bits per heavy atom. The number of rotatable bonds is 2. The van der Waals surface area contributed by atoms with Gasteiger partial charge in [-0.2, -0.15) is 0 Å². The Labute approximate surface area is 152 Å². The van der Waals surface area contributed by atoms with Crippen molar-refractivity contribution in [2.24, 2.45) is 11.8 Å². The fraction of sp³-hybridized carbons (Fsp3) is 0.778. The summed E-state index contributed by atoms with van der Waals surface area (Å²) in [7, 11) is 0. The molecule has 26 heavy (non-hydrogen) atoms. The molecule has 2 fully saturated rings. The SMILES string of the molecule is CC(C)C1C(=O)OC2CCN3CC=C(COC(=O)C(O)(C(C)O)C1O)[C@H]23. The van der Waals surface area contributed by atoms with Crippen LogP contribution >= 0.6 is 0 Å². The standard InChI is InChI=1S/C18H27NO7/c1-9(2)13-15(21)18(24,10(3)20)17(23)25-8-11-4-6-19-7-5-12(14(11)19)26-16(13)22/h4,9-10,12-15,20-21,24H,5-8H2,1-3H3/t10?,12?,13?,14-,15?,18?/m1/s1. The van der Waals surface area contributed by atoms with Crippen molar-refractivity contribution in [3.8, 4) is 0 Å². The molecule has 6 atom stereocenters. The molecule has 3 heterocycles. The van der Waals surface area contributed by atoms with Crippen LogP contribution < -0.4 is 0 Å². The van der Waals surface area contributed by atoms with Gasteiger partial charge in [0.15, 0.2) is 0 Å². The lowest BCUT2D eigenvalue weighted by molar-refractivity contribution is -0.206. The van der Waals surface area contributed by atoms with Crippen molar-refractivity contribution >= 4 is 11.9 Å². The third-order valence-corrected chi connectivity index (χ3v) is 5.80. The van der Waals surface area contributed by atoms with Crippen LogP contribution in [0.25, 0.3) is 0 Å². The van der Waals surface area contributed by atoms with E-state index in [1.165, 1.54) is 6.92 Å². The minimum Gasteiger partial charge on any atom is -0.460 e. The summed E-state index contributed by atoms with van der Waals surface area (Å²) in [5.41, 5.74) is -1.81. The number of carbonyl (C=O) groups is 2. The normalized spacial score (nSPS) is 39.7. The predicted octanol–water partition coefficient (Wildman–Crippen LogP) is -0.786. The molecule has 5 unspecified atom stereocenters. The van der Waals surface area contributed by atoms with Crippen molar-refractivity contribution in [3.05, 3.63) is 11.6 Å². The van der Waals surface area contributed by atoms with E-state index < -0.39 is 41.6 Å². The highest BCUT2D eigenvalue weighted by Crippen LogP contribution is 2.36. The smallest absolute Gasteiger partial charge is 0.344 e. The van der Waals surface area contributed by atoms with E-state index in [0.717, 1.165) is 12.1 Å². The van der Waals surface area contributed by atoms with Crippen molar-refractivity contribution in [2.45, 2.75) is 57.1 Å². The highest BCUT2D eigenvalue weighted by Gasteiger charge is 2.56. The summed E-state index contributed by atoms with van der Waals surface area (Å²) in [6, 6.07) is -0.158. The maximum Gasteiger partial charge on any atom is 0.344 e. The van der Waals surface area contributed by atoms with Crippen molar-refractivity contribution in [2.75, 3.05) is 19.7 Å². The monoisotopic (exact) mass is 369 g/mol. The van der Waals surface area contributed by atoms with Gasteiger partial charge in [-0.05, 0) is 24.8 Å². The minimum absolute atomic E-state index is 0.0812. The molecule has 0 aromatic carbocycles. The van der Waals surface area contributed by atoms with Crippen LogP contribution in [0, 0.1) is 11.8 Å². The summed E-state index contributed by atoms with van der Waals surface area (Å²) < 4.78 is 11.0. The van der Waals surface area contributed by atoms with Gasteiger partial charge in [0.2, 0.25) is 5.60 Å². The number of cyclic esters (lactones) is 1. The Balaban J connectivity index is 2.01. The first-order valence-corrected chi connectivity index (χ1v) is 9.07. The number of ether oxygens (including phenoxy) is 2. The molecular formula is C18H27NO7. The third kappa shape index (κ3) is 2.94. The average molecular weight is 369 g/mol. The quantitative estimate of drug-likeness (QED) is 0.429. The van der Waals surface area contributed by atoms with Gasteiger partial charge in [-0.25, -0.2) is 4.79 Å². The second-order valence-corrected chi connectivity index (χ2v) is 7.77. The molecule has 2 saturated heterocycles. The van der Waals surface area contributed by atoms with E-state index in [0.29, 0.717) is 13.0 Å². The lowest BCUT2D eigenvalue weighted by atomic mass is 9.78. The zero-order chi connectivity index (χ0) is 19.2. The summed E-state index contributed by atoms with van der Waals surface area (Å²) >= 11 is 0. The van der Waals surface area contributed by atoms with Crippen molar-refractivity contribution in [3.63, 3.8) is 0 Å². The molecule has 0 aromatic rings. The number of aliphatic hydroxyl groups excluding tert-OH is 2. The van der Waals surface area contributed by atoms with Crippen LogP contribution in [0.15, 0.2) is 11.6 Å². The van der Waals surface area contributed by atoms with E-state index in [4.69, 9.17) is 9.47 Å². The van der Waals surface area contributed by atoms with Crippen LogP contribution in [0.3, 0.4) is 0 Å². The van der Waals surface area contributed by atoms with Gasteiger partial charge in [-0.1, -0.05) is 19.9 Å². The van der Waals surface area contributed by atoms with E-state index in [-0.39, 0.29) is 18.8 Å². The summed E-state index contributed by atoms with van der Waals surface area (Å²) in [5, 5.41) is 31.5. The summed E-state index contributed by atoms with van der Waals surface area (Å²) in [6.07, 6.45) is -1.29. The molecule has 0 aromatic heterocycles. The predicted molar refractivity (Wildman–Crippen MR) is 89.9 cm³/mol. The van der Waals surface area contributed by atoms with Gasteiger partial charge >= 0.3 is 11.9 Å². The van der Waals surface area contributed by atoms with Gasteiger partial charge in [-0.15, -0.1) is 0 Å². The lowest BCUT2D eigenvalue weighted by Gasteiger charge is -2.37. The van der Waals surface area contributed by atoms with E-state index in [9.17, 15) is 24.9 Å². The average Bonchev–Trinajstić information content (AvgIpc) is 3.13. The molecule has 8 heteroatoms. The van der Waals surface area contributed by atoms with Gasteiger partial charge < -0.3 is 24.8 Å². The van der Waals surface area contributed by atoms with Crippen LogP contribution in [0.4, 0.5) is 0 Å². The Morgan fingerprint density at radius 1 is 1.31 bits per heavy atom. The minimum atomic E-state index is -2.62. The zero-order valence-corrected chi connectivity index (χ0v) is 15.3. The lowest BCUT2D eigenvalue weighted by Crippen LogP contribution is -2.62. The Hall–Kier alpha value is -1.48. The molecule has 0 bridgehead atoms. The van der Waals surface area contributed by atoms with E-state index in [2.05, 4.69) is 4.90 Å². The maximum absolute atomic E-state index is 12.8. The van der Waals surface area contributed by atoms with Crippen LogP contribution in [0.1, 0.15) is 27.2 Å². The molecule has 3 aliphatic heterocycles. The molecular weight excluding hydrogens is 342 g/mol. The largest absolute Gasteiger partial charge is 0.460 e. The number of nitrogens with zero attached hydrogens (tertiary/aromatic N) is 1. The van der Waals surface area contributed by atoms with Gasteiger partial charge in [0.25, 0.3) is 0 Å². The molecule has 146 valence electrons. The number of esters is 2. The van der Waals surface area contributed by atoms with Gasteiger partial charge in [0.1, 0.15) is 18.8 Å². The van der Waals surface area contributed by atoms with Crippen LogP contribution in [0.2, 0.25) is 0 Å². The topological polar surface area (TPSA) is 117 Å². The van der Waals surface area contributed by atoms with Crippen molar-refractivity contribution in [1.82, 2.24) is 4.90 Å². The first kappa shape index (κ1) is 19.3. The number of hydrogen-bond donors (Lipinski definition) is 3. The van der Waals surface area contributed by atoms with Crippen LogP contribution in [0.5, 0.6) is 0 Å².